The van der Waals surface area contributed by atoms with Gasteiger partial charge in [0.05, 0.1) is 5.56 Å². The number of aryl methyl sites for hydroxylation is 2. The first-order chi connectivity index (χ1) is 9.64. The molecule has 0 radical (unpaired) electrons. The lowest BCUT2D eigenvalue weighted by molar-refractivity contribution is -0.660. The molecule has 1 atom stereocenters. The number of nitrogens with zero attached hydrogens (tertiary/aromatic N) is 2. The second kappa shape index (κ2) is 4.66. The molecule has 0 N–H and O–H groups in total. The highest BCUT2D eigenvalue weighted by molar-refractivity contribution is 5.59. The lowest BCUT2D eigenvalue weighted by atomic mass is 10.0. The molecule has 2 nitrogen and oxygen atoms in total. The molecule has 0 saturated carbocycles. The lowest BCUT2D eigenvalue weighted by Crippen LogP contribution is -2.31. The third-order valence-corrected chi connectivity index (χ3v) is 2.88. The number of pyridine rings is 2. The molecule has 0 aliphatic carbocycles. The van der Waals surface area contributed by atoms with Crippen LogP contribution in [0.15, 0.2) is 36.8 Å². The molecule has 2 aromatic heterocycles. The Morgan fingerprint density at radius 1 is 1.41 bits per heavy atom. The molecule has 0 spiro atoms. The Morgan fingerprint density at radius 3 is 2.88 bits per heavy atom. The molecule has 0 fully saturated rings. The molecule has 1 unspecified atom stereocenters. The number of hydrogen-bond acceptors (Lipinski definition) is 1. The maximum Gasteiger partial charge on any atom is 0.214 e. The van der Waals surface area contributed by atoms with Crippen molar-refractivity contribution in [1.29, 1.82) is 0 Å². The summed E-state index contributed by atoms with van der Waals surface area (Å²) in [7, 11) is 1.85. The Labute approximate surface area is 109 Å². The molecule has 2 aromatic rings. The van der Waals surface area contributed by atoms with Gasteiger partial charge in [-0.2, -0.15) is 0 Å². The van der Waals surface area contributed by atoms with E-state index >= 15 is 0 Å². The van der Waals surface area contributed by atoms with E-state index in [0.717, 1.165) is 16.8 Å². The van der Waals surface area contributed by atoms with Gasteiger partial charge in [0.2, 0.25) is 5.69 Å². The highest BCUT2D eigenvalue weighted by Crippen LogP contribution is 2.20. The van der Waals surface area contributed by atoms with Gasteiger partial charge in [0.1, 0.15) is 7.05 Å². The fourth-order valence-corrected chi connectivity index (χ4v) is 1.84. The molecule has 2 heterocycles. The summed E-state index contributed by atoms with van der Waals surface area (Å²) < 4.78 is 32.6. The summed E-state index contributed by atoms with van der Waals surface area (Å²) in [5.74, 6) is -1.63. The minimum Gasteiger partial charge on any atom is -0.264 e. The smallest absolute Gasteiger partial charge is 0.214 e. The van der Waals surface area contributed by atoms with E-state index in [2.05, 4.69) is 4.98 Å². The van der Waals surface area contributed by atoms with E-state index in [0.29, 0.717) is 5.56 Å². The quantitative estimate of drug-likeness (QED) is 0.726. The van der Waals surface area contributed by atoms with Crippen LogP contribution in [0.25, 0.3) is 11.3 Å². The van der Waals surface area contributed by atoms with Crippen molar-refractivity contribution in [3.05, 3.63) is 47.9 Å². The van der Waals surface area contributed by atoms with E-state index in [1.807, 2.05) is 30.7 Å². The van der Waals surface area contributed by atoms with E-state index in [9.17, 15) is 0 Å². The topological polar surface area (TPSA) is 16.8 Å². The summed E-state index contributed by atoms with van der Waals surface area (Å²) in [5.41, 5.74) is 3.49. The van der Waals surface area contributed by atoms with Crippen molar-refractivity contribution in [3.8, 4) is 11.3 Å². The van der Waals surface area contributed by atoms with Crippen molar-refractivity contribution in [2.45, 2.75) is 26.6 Å². The number of aromatic nitrogens is 2. The van der Waals surface area contributed by atoms with Gasteiger partial charge in [0.15, 0.2) is 6.20 Å². The average molecular weight is 231 g/mol. The van der Waals surface area contributed by atoms with Gasteiger partial charge in [-0.15, -0.1) is 0 Å². The maximum atomic E-state index is 8.14. The molecule has 0 aromatic carbocycles. The van der Waals surface area contributed by atoms with Crippen LogP contribution in [0, 0.1) is 6.92 Å². The Morgan fingerprint density at radius 2 is 2.24 bits per heavy atom. The lowest BCUT2D eigenvalue weighted by Gasteiger charge is -2.07. The van der Waals surface area contributed by atoms with Crippen LogP contribution in [-0.2, 0) is 7.05 Å². The average Bonchev–Trinajstić information content (AvgIpc) is 2.38. The first-order valence-corrected chi connectivity index (χ1v) is 5.56. The molecule has 0 aliphatic heterocycles. The van der Waals surface area contributed by atoms with E-state index in [4.69, 9.17) is 5.48 Å². The van der Waals surface area contributed by atoms with Gasteiger partial charge < -0.3 is 0 Å². The van der Waals surface area contributed by atoms with Crippen molar-refractivity contribution >= 4 is 0 Å². The standard InChI is InChI=1S/C15H19N2/c1-11(2)13-5-6-15(17(4)10-13)14-9-16-8-7-12(14)3/h5-11H,1-4H3/q+1/i1D3,11D. The minimum absolute atomic E-state index is 0.468. The predicted molar refractivity (Wildman–Crippen MR) is 69.7 cm³/mol. The van der Waals surface area contributed by atoms with Crippen LogP contribution in [0.3, 0.4) is 0 Å². The second-order valence-electron chi connectivity index (χ2n) is 4.23. The molecule has 88 valence electrons. The van der Waals surface area contributed by atoms with Crippen molar-refractivity contribution in [2.24, 2.45) is 7.05 Å². The molecule has 0 amide bonds. The Bertz CT molecular complexity index is 663. The van der Waals surface area contributed by atoms with Gasteiger partial charge in [-0.1, -0.05) is 13.8 Å². The zero-order valence-corrected chi connectivity index (χ0v) is 10.4. The fraction of sp³-hybridized carbons (Fsp3) is 0.333. The second-order valence-corrected chi connectivity index (χ2v) is 4.23. The Hall–Kier alpha value is -1.70. The predicted octanol–water partition coefficient (Wildman–Crippen LogP) is 3.00. The SMILES string of the molecule is [2H]C([2H])([2H])C([2H])(C)c1ccc(-c2cnccc2C)[n+](C)c1. The molecule has 2 heteroatoms. The summed E-state index contributed by atoms with van der Waals surface area (Å²) >= 11 is 0. The Kier molecular flexibility index (Phi) is 2.08. The van der Waals surface area contributed by atoms with Crippen LogP contribution in [0.1, 0.15) is 36.3 Å². The summed E-state index contributed by atoms with van der Waals surface area (Å²) in [5, 5.41) is 0. The van der Waals surface area contributed by atoms with Crippen LogP contribution in [0.5, 0.6) is 0 Å². The van der Waals surface area contributed by atoms with Crippen molar-refractivity contribution in [3.63, 3.8) is 0 Å². The zero-order chi connectivity index (χ0) is 15.8. The van der Waals surface area contributed by atoms with E-state index in [-0.39, 0.29) is 0 Å². The number of rotatable bonds is 2. The first-order valence-electron chi connectivity index (χ1n) is 7.56. The molecular formula is C15H19N2+. The summed E-state index contributed by atoms with van der Waals surface area (Å²) in [6.45, 7) is 1.05. The third-order valence-electron chi connectivity index (χ3n) is 2.88. The Balaban J connectivity index is 2.51. The van der Waals surface area contributed by atoms with Gasteiger partial charge >= 0.3 is 0 Å². The van der Waals surface area contributed by atoms with E-state index in [1.54, 1.807) is 24.7 Å². The van der Waals surface area contributed by atoms with Crippen LogP contribution in [0.4, 0.5) is 0 Å². The van der Waals surface area contributed by atoms with E-state index < -0.39 is 12.7 Å². The summed E-state index contributed by atoms with van der Waals surface area (Å²) in [4.78, 5) is 4.13. The van der Waals surface area contributed by atoms with Gasteiger partial charge in [0, 0.05) is 29.5 Å². The van der Waals surface area contributed by atoms with Crippen LogP contribution >= 0.6 is 0 Å². The first kappa shape index (κ1) is 7.59. The summed E-state index contributed by atoms with van der Waals surface area (Å²) in [6.07, 6.45) is 5.23. The normalized spacial score (nSPS) is 18.5. The van der Waals surface area contributed by atoms with Crippen LogP contribution < -0.4 is 4.57 Å². The highest BCUT2D eigenvalue weighted by atomic mass is 14.9. The molecule has 17 heavy (non-hydrogen) atoms. The fourth-order valence-electron chi connectivity index (χ4n) is 1.84. The van der Waals surface area contributed by atoms with Gasteiger partial charge in [-0.25, -0.2) is 4.57 Å². The van der Waals surface area contributed by atoms with Crippen molar-refractivity contribution < 1.29 is 10.1 Å². The molecule has 0 aliphatic rings. The van der Waals surface area contributed by atoms with Gasteiger partial charge in [0.25, 0.3) is 0 Å². The highest BCUT2D eigenvalue weighted by Gasteiger charge is 2.13. The maximum absolute atomic E-state index is 8.14. The molecule has 0 bridgehead atoms. The number of hydrogen-bond donors (Lipinski definition) is 0. The largest absolute Gasteiger partial charge is 0.264 e. The zero-order valence-electron chi connectivity index (χ0n) is 14.4. The summed E-state index contributed by atoms with van der Waals surface area (Å²) in [6, 6.07) is 5.49. The van der Waals surface area contributed by atoms with Gasteiger partial charge in [-0.3, -0.25) is 4.98 Å². The van der Waals surface area contributed by atoms with Crippen LogP contribution in [0.2, 0.25) is 0 Å². The third kappa shape index (κ3) is 2.36. The molecule has 0 saturated heterocycles. The monoisotopic (exact) mass is 231 g/mol. The molecule has 2 rings (SSSR count). The van der Waals surface area contributed by atoms with Crippen LogP contribution in [-0.4, -0.2) is 4.98 Å². The van der Waals surface area contributed by atoms with Crippen molar-refractivity contribution in [1.82, 2.24) is 4.98 Å². The van der Waals surface area contributed by atoms with Gasteiger partial charge in [-0.05, 0) is 30.5 Å². The molecular weight excluding hydrogens is 208 g/mol. The minimum atomic E-state index is -2.37. The van der Waals surface area contributed by atoms with E-state index in [1.165, 1.54) is 6.92 Å². The van der Waals surface area contributed by atoms with Crippen molar-refractivity contribution in [2.75, 3.05) is 0 Å².